The predicted molar refractivity (Wildman–Crippen MR) is 106 cm³/mol. The largest absolute Gasteiger partial charge is 0.349 e. The van der Waals surface area contributed by atoms with E-state index in [1.54, 1.807) is 24.3 Å². The fraction of sp³-hybridized carbons (Fsp3) is 0.474. The zero-order valence-electron chi connectivity index (χ0n) is 15.8. The highest BCUT2D eigenvalue weighted by Gasteiger charge is 2.37. The van der Waals surface area contributed by atoms with Crippen LogP contribution in [0.15, 0.2) is 29.4 Å². The number of amides is 3. The van der Waals surface area contributed by atoms with Crippen LogP contribution in [0.5, 0.6) is 0 Å². The van der Waals surface area contributed by atoms with Gasteiger partial charge in [0.1, 0.15) is 5.71 Å². The number of benzene rings is 1. The van der Waals surface area contributed by atoms with Crippen molar-refractivity contribution in [3.63, 3.8) is 0 Å². The number of hydrazone groups is 1. The molecule has 2 aliphatic heterocycles. The molecular formula is C19H22N4O5S. The molecule has 1 aromatic rings. The van der Waals surface area contributed by atoms with E-state index in [4.69, 9.17) is 0 Å². The van der Waals surface area contributed by atoms with Gasteiger partial charge in [0.05, 0.1) is 17.5 Å². The molecule has 1 atom stereocenters. The Hall–Kier alpha value is -2.75. The summed E-state index contributed by atoms with van der Waals surface area (Å²) in [5, 5.41) is 10.9. The van der Waals surface area contributed by atoms with E-state index in [0.29, 0.717) is 17.7 Å². The maximum atomic E-state index is 12.6. The van der Waals surface area contributed by atoms with Crippen LogP contribution in [0.2, 0.25) is 0 Å². The van der Waals surface area contributed by atoms with Gasteiger partial charge in [-0.3, -0.25) is 14.4 Å². The average molecular weight is 418 g/mol. The van der Waals surface area contributed by atoms with E-state index in [2.05, 4.69) is 15.7 Å². The third-order valence-corrected chi connectivity index (χ3v) is 6.92. The van der Waals surface area contributed by atoms with Gasteiger partial charge in [-0.25, -0.2) is 13.4 Å². The van der Waals surface area contributed by atoms with Gasteiger partial charge in [0.25, 0.3) is 11.8 Å². The highest BCUT2D eigenvalue weighted by atomic mass is 32.2. The van der Waals surface area contributed by atoms with Gasteiger partial charge in [0, 0.05) is 30.1 Å². The fourth-order valence-electron chi connectivity index (χ4n) is 3.43. The summed E-state index contributed by atoms with van der Waals surface area (Å²) in [5.74, 6) is -1.04. The molecule has 0 spiro atoms. The molecule has 2 fully saturated rings. The molecule has 10 heteroatoms. The molecule has 3 aliphatic rings. The van der Waals surface area contributed by atoms with Gasteiger partial charge in [-0.2, -0.15) is 5.10 Å². The minimum Gasteiger partial charge on any atom is -0.349 e. The molecule has 3 amide bonds. The number of nitrogens with zero attached hydrogens (tertiary/aromatic N) is 2. The van der Waals surface area contributed by atoms with Crippen molar-refractivity contribution in [3.05, 3.63) is 29.8 Å². The number of sulfone groups is 1. The smallest absolute Gasteiger partial charge is 0.271 e. The molecule has 2 N–H and O–H groups in total. The number of rotatable bonds is 5. The molecule has 1 saturated carbocycles. The second kappa shape index (κ2) is 7.58. The van der Waals surface area contributed by atoms with Crippen molar-refractivity contribution in [1.82, 2.24) is 10.3 Å². The molecule has 154 valence electrons. The third-order valence-electron chi connectivity index (χ3n) is 5.17. The minimum absolute atomic E-state index is 0.0220. The summed E-state index contributed by atoms with van der Waals surface area (Å²) in [6, 6.07) is 6.32. The van der Waals surface area contributed by atoms with Gasteiger partial charge in [0.15, 0.2) is 9.84 Å². The zero-order chi connectivity index (χ0) is 20.6. The number of nitrogens with one attached hydrogen (secondary N) is 2. The first-order valence-electron chi connectivity index (χ1n) is 9.63. The summed E-state index contributed by atoms with van der Waals surface area (Å²) in [5.41, 5.74) is 1.07. The fourth-order valence-corrected chi connectivity index (χ4v) is 5.12. The van der Waals surface area contributed by atoms with Gasteiger partial charge in [0.2, 0.25) is 5.91 Å². The summed E-state index contributed by atoms with van der Waals surface area (Å²) in [6.45, 7) is 0. The van der Waals surface area contributed by atoms with Gasteiger partial charge in [-0.15, -0.1) is 0 Å². The van der Waals surface area contributed by atoms with Crippen LogP contribution in [-0.4, -0.2) is 60.4 Å². The molecule has 1 unspecified atom stereocenters. The molecule has 0 radical (unpaired) electrons. The number of hydrogen-bond donors (Lipinski definition) is 2. The second-order valence-electron chi connectivity index (χ2n) is 7.62. The summed E-state index contributed by atoms with van der Waals surface area (Å²) >= 11 is 0. The SMILES string of the molecule is O=C(Nc1cccc(C(=O)NC2CC2)c1)C1=NN(C2CCS(=O)(=O)C2)C(=O)CC1. The van der Waals surface area contributed by atoms with Crippen molar-refractivity contribution < 1.29 is 22.8 Å². The minimum atomic E-state index is -3.17. The molecule has 9 nitrogen and oxygen atoms in total. The van der Waals surface area contributed by atoms with E-state index in [1.165, 1.54) is 0 Å². The number of carbonyl (C=O) groups excluding carboxylic acids is 3. The molecular weight excluding hydrogens is 396 g/mol. The predicted octanol–water partition coefficient (Wildman–Crippen LogP) is 0.683. The quantitative estimate of drug-likeness (QED) is 0.728. The number of carbonyl (C=O) groups is 3. The first kappa shape index (κ1) is 19.6. The molecule has 2 heterocycles. The Morgan fingerprint density at radius 1 is 1.10 bits per heavy atom. The van der Waals surface area contributed by atoms with Crippen molar-refractivity contribution in [3.8, 4) is 0 Å². The maximum Gasteiger partial charge on any atom is 0.271 e. The van der Waals surface area contributed by atoms with E-state index >= 15 is 0 Å². The zero-order valence-corrected chi connectivity index (χ0v) is 16.6. The first-order valence-corrected chi connectivity index (χ1v) is 11.4. The van der Waals surface area contributed by atoms with E-state index in [0.717, 1.165) is 17.9 Å². The number of hydrogen-bond acceptors (Lipinski definition) is 6. The second-order valence-corrected chi connectivity index (χ2v) is 9.85. The van der Waals surface area contributed by atoms with E-state index in [1.807, 2.05) is 0 Å². The van der Waals surface area contributed by atoms with Crippen molar-refractivity contribution in [1.29, 1.82) is 0 Å². The van der Waals surface area contributed by atoms with Gasteiger partial charge < -0.3 is 10.6 Å². The van der Waals surface area contributed by atoms with Crippen molar-refractivity contribution in [2.45, 2.75) is 44.2 Å². The normalized spacial score (nSPS) is 23.4. The highest BCUT2D eigenvalue weighted by molar-refractivity contribution is 7.91. The van der Waals surface area contributed by atoms with Crippen LogP contribution in [-0.2, 0) is 19.4 Å². The Morgan fingerprint density at radius 2 is 1.90 bits per heavy atom. The molecule has 4 rings (SSSR count). The van der Waals surface area contributed by atoms with Crippen LogP contribution in [0.25, 0.3) is 0 Å². The molecule has 1 aromatic carbocycles. The van der Waals surface area contributed by atoms with Gasteiger partial charge in [-0.1, -0.05) is 6.07 Å². The van der Waals surface area contributed by atoms with Crippen molar-refractivity contribution in [2.75, 3.05) is 16.8 Å². The van der Waals surface area contributed by atoms with Crippen LogP contribution in [0.4, 0.5) is 5.69 Å². The Kier molecular flexibility index (Phi) is 5.12. The number of anilines is 1. The maximum absolute atomic E-state index is 12.6. The van der Waals surface area contributed by atoms with Crippen LogP contribution in [0.3, 0.4) is 0 Å². The Morgan fingerprint density at radius 3 is 2.59 bits per heavy atom. The lowest BCUT2D eigenvalue weighted by Crippen LogP contribution is -2.42. The standard InChI is InChI=1S/C19H22N4O5S/c24-17-7-6-16(22-23(17)15-8-9-29(27,28)11-15)19(26)21-14-3-1-2-12(10-14)18(25)20-13-4-5-13/h1-3,10,13,15H,4-9,11H2,(H,20,25)(H,21,26). The Bertz CT molecular complexity index is 1000. The van der Waals surface area contributed by atoms with Crippen molar-refractivity contribution in [2.24, 2.45) is 5.10 Å². The van der Waals surface area contributed by atoms with E-state index < -0.39 is 21.8 Å². The third kappa shape index (κ3) is 4.64. The van der Waals surface area contributed by atoms with Crippen LogP contribution in [0, 0.1) is 0 Å². The first-order chi connectivity index (χ1) is 13.8. The van der Waals surface area contributed by atoms with Gasteiger partial charge >= 0.3 is 0 Å². The lowest BCUT2D eigenvalue weighted by atomic mass is 10.1. The summed E-state index contributed by atoms with van der Waals surface area (Å²) < 4.78 is 23.4. The highest BCUT2D eigenvalue weighted by Crippen LogP contribution is 2.23. The monoisotopic (exact) mass is 418 g/mol. The summed E-state index contributed by atoms with van der Waals surface area (Å²) in [7, 11) is -3.17. The van der Waals surface area contributed by atoms with Crippen LogP contribution >= 0.6 is 0 Å². The molecule has 29 heavy (non-hydrogen) atoms. The van der Waals surface area contributed by atoms with Crippen LogP contribution in [0.1, 0.15) is 42.5 Å². The van der Waals surface area contributed by atoms with Crippen molar-refractivity contribution >= 4 is 39.0 Å². The van der Waals surface area contributed by atoms with E-state index in [9.17, 15) is 22.8 Å². The summed E-state index contributed by atoms with van der Waals surface area (Å²) in [4.78, 5) is 37.0. The molecule has 0 aromatic heterocycles. The van der Waals surface area contributed by atoms with Gasteiger partial charge in [-0.05, 0) is 37.5 Å². The summed E-state index contributed by atoms with van der Waals surface area (Å²) in [6.07, 6.45) is 2.58. The van der Waals surface area contributed by atoms with Crippen LogP contribution < -0.4 is 10.6 Å². The lowest BCUT2D eigenvalue weighted by molar-refractivity contribution is -0.133. The Labute approximate surface area is 168 Å². The van der Waals surface area contributed by atoms with E-state index in [-0.39, 0.29) is 47.9 Å². The molecule has 0 bridgehead atoms. The lowest BCUT2D eigenvalue weighted by Gasteiger charge is -2.27. The Balaban J connectivity index is 1.45. The average Bonchev–Trinajstić information content (AvgIpc) is 3.42. The topological polar surface area (TPSA) is 125 Å². The molecule has 1 saturated heterocycles. The molecule has 1 aliphatic carbocycles.